The molecule has 0 aromatic heterocycles. The van der Waals surface area contributed by atoms with Gasteiger partial charge in [-0.2, -0.15) is 0 Å². The fourth-order valence-corrected chi connectivity index (χ4v) is 2.83. The molecule has 24 heavy (non-hydrogen) atoms. The first-order valence-corrected chi connectivity index (χ1v) is 7.96. The molecule has 0 bridgehead atoms. The number of amides is 1. The van der Waals surface area contributed by atoms with Crippen molar-refractivity contribution in [3.63, 3.8) is 0 Å². The number of methoxy groups -OCH3 is 1. The average Bonchev–Trinajstić information content (AvgIpc) is 2.53. The van der Waals surface area contributed by atoms with Crippen molar-refractivity contribution in [1.29, 1.82) is 0 Å². The van der Waals surface area contributed by atoms with Crippen molar-refractivity contribution in [3.8, 4) is 0 Å². The second-order valence-corrected chi connectivity index (χ2v) is 5.97. The van der Waals surface area contributed by atoms with Gasteiger partial charge in [0.05, 0.1) is 12.5 Å². The first kappa shape index (κ1) is 23.0. The number of rotatable bonds is 6. The highest BCUT2D eigenvalue weighted by Gasteiger charge is 2.24. The maximum Gasteiger partial charge on any atom is 0.225 e. The largest absolute Gasteiger partial charge is 0.382 e. The number of nitrogens with one attached hydrogen (secondary N) is 1. The summed E-state index contributed by atoms with van der Waals surface area (Å²) in [4.78, 5) is 14.1. The number of anilines is 1. The fraction of sp³-hybridized carbons (Fsp3) is 0.588. The molecule has 1 amide bonds. The van der Waals surface area contributed by atoms with Gasteiger partial charge in [-0.1, -0.05) is 12.1 Å². The summed E-state index contributed by atoms with van der Waals surface area (Å²) in [6, 6.07) is 8.83. The quantitative estimate of drug-likeness (QED) is 0.799. The van der Waals surface area contributed by atoms with Crippen molar-refractivity contribution >= 4 is 36.4 Å². The molecule has 7 heteroatoms. The number of ether oxygens (including phenoxy) is 1. The maximum atomic E-state index is 12.2. The molecule has 1 atom stereocenters. The molecule has 1 unspecified atom stereocenters. The Bertz CT molecular complexity index is 490. The number of nitrogens with zero attached hydrogens (tertiary/aromatic N) is 1. The second kappa shape index (κ2) is 11.5. The zero-order chi connectivity index (χ0) is 15.9. The summed E-state index contributed by atoms with van der Waals surface area (Å²) < 4.78 is 5.19. The lowest BCUT2D eigenvalue weighted by molar-refractivity contribution is -0.134. The number of benzene rings is 1. The molecule has 138 valence electrons. The molecule has 3 N–H and O–H groups in total. The van der Waals surface area contributed by atoms with E-state index in [1.807, 2.05) is 4.90 Å². The standard InChI is InChI=1S/C17H27N3O2.2ClH/c1-13-4-3-5-15(10-13)19-14-6-8-20(9-7-14)17(21)11-16(12-18)22-2;;/h3-5,10,14,16,19H,6-9,11-12,18H2,1-2H3;2*1H. The molecule has 2 rings (SSSR count). The molecule has 0 aliphatic carbocycles. The van der Waals surface area contributed by atoms with Crippen LogP contribution in [0.1, 0.15) is 24.8 Å². The van der Waals surface area contributed by atoms with Crippen LogP contribution in [0.15, 0.2) is 24.3 Å². The van der Waals surface area contributed by atoms with Crippen molar-refractivity contribution in [2.24, 2.45) is 5.73 Å². The van der Waals surface area contributed by atoms with Crippen molar-refractivity contribution < 1.29 is 9.53 Å². The van der Waals surface area contributed by atoms with Crippen LogP contribution in [0.25, 0.3) is 0 Å². The molecule has 1 aromatic rings. The summed E-state index contributed by atoms with van der Waals surface area (Å²) in [5.74, 6) is 0.145. The van der Waals surface area contributed by atoms with E-state index in [0.29, 0.717) is 19.0 Å². The zero-order valence-electron chi connectivity index (χ0n) is 14.4. The molecule has 1 heterocycles. The third-order valence-corrected chi connectivity index (χ3v) is 4.24. The van der Waals surface area contributed by atoms with Crippen molar-refractivity contribution in [1.82, 2.24) is 4.90 Å². The third-order valence-electron chi connectivity index (χ3n) is 4.24. The van der Waals surface area contributed by atoms with E-state index >= 15 is 0 Å². The number of carbonyl (C=O) groups is 1. The normalized spacial score (nSPS) is 15.9. The lowest BCUT2D eigenvalue weighted by Gasteiger charge is -2.33. The number of hydrogen-bond acceptors (Lipinski definition) is 4. The highest BCUT2D eigenvalue weighted by molar-refractivity contribution is 5.85. The number of halogens is 2. The van der Waals surface area contributed by atoms with E-state index in [1.165, 1.54) is 5.56 Å². The van der Waals surface area contributed by atoms with Crippen LogP contribution in [0, 0.1) is 6.92 Å². The summed E-state index contributed by atoms with van der Waals surface area (Å²) in [6.07, 6.45) is 2.15. The van der Waals surface area contributed by atoms with E-state index in [4.69, 9.17) is 10.5 Å². The summed E-state index contributed by atoms with van der Waals surface area (Å²) in [6.45, 7) is 4.07. The monoisotopic (exact) mass is 377 g/mol. The summed E-state index contributed by atoms with van der Waals surface area (Å²) in [5.41, 5.74) is 7.99. The average molecular weight is 378 g/mol. The number of hydrogen-bond donors (Lipinski definition) is 2. The molecule has 1 aliphatic heterocycles. The van der Waals surface area contributed by atoms with E-state index in [-0.39, 0.29) is 36.8 Å². The van der Waals surface area contributed by atoms with Gasteiger partial charge in [0.1, 0.15) is 0 Å². The Hall–Kier alpha value is -1.01. The molecule has 1 aromatic carbocycles. The van der Waals surface area contributed by atoms with Gasteiger partial charge in [0.15, 0.2) is 0 Å². The van der Waals surface area contributed by atoms with Gasteiger partial charge in [0.2, 0.25) is 5.91 Å². The van der Waals surface area contributed by atoms with E-state index < -0.39 is 0 Å². The number of aryl methyl sites for hydroxylation is 1. The smallest absolute Gasteiger partial charge is 0.225 e. The van der Waals surface area contributed by atoms with E-state index in [9.17, 15) is 4.79 Å². The first-order valence-electron chi connectivity index (χ1n) is 7.96. The van der Waals surface area contributed by atoms with Crippen molar-refractivity contribution in [2.45, 2.75) is 38.3 Å². The van der Waals surface area contributed by atoms with Crippen LogP contribution < -0.4 is 11.1 Å². The minimum absolute atomic E-state index is 0. The number of piperidine rings is 1. The van der Waals surface area contributed by atoms with Crippen LogP contribution in [-0.4, -0.2) is 49.7 Å². The second-order valence-electron chi connectivity index (χ2n) is 5.97. The first-order chi connectivity index (χ1) is 10.6. The van der Waals surface area contributed by atoms with Crippen molar-refractivity contribution in [2.75, 3.05) is 32.1 Å². The minimum atomic E-state index is -0.171. The molecule has 0 radical (unpaired) electrons. The highest BCUT2D eigenvalue weighted by atomic mass is 35.5. The molecule has 5 nitrogen and oxygen atoms in total. The van der Waals surface area contributed by atoms with Gasteiger partial charge in [-0.25, -0.2) is 0 Å². The number of likely N-dealkylation sites (tertiary alicyclic amines) is 1. The van der Waals surface area contributed by atoms with E-state index in [2.05, 4.69) is 36.5 Å². The SMILES string of the molecule is COC(CN)CC(=O)N1CCC(Nc2cccc(C)c2)CC1.Cl.Cl. The Morgan fingerprint density at radius 1 is 1.38 bits per heavy atom. The van der Waals surface area contributed by atoms with E-state index in [1.54, 1.807) is 7.11 Å². The summed E-state index contributed by atoms with van der Waals surface area (Å²) >= 11 is 0. The molecule has 1 saturated heterocycles. The van der Waals surface area contributed by atoms with Crippen LogP contribution in [0.5, 0.6) is 0 Å². The van der Waals surface area contributed by atoms with Gasteiger partial charge < -0.3 is 20.7 Å². The molecule has 0 saturated carbocycles. The van der Waals surface area contributed by atoms with Gasteiger partial charge in [-0.05, 0) is 37.5 Å². The molecule has 0 spiro atoms. The predicted octanol–water partition coefficient (Wildman–Crippen LogP) is 2.61. The van der Waals surface area contributed by atoms with Gasteiger partial charge in [-0.3, -0.25) is 4.79 Å². The lowest BCUT2D eigenvalue weighted by Crippen LogP contribution is -2.44. The number of nitrogens with two attached hydrogens (primary N) is 1. The summed E-state index contributed by atoms with van der Waals surface area (Å²) in [5, 5.41) is 3.56. The fourth-order valence-electron chi connectivity index (χ4n) is 2.83. The van der Waals surface area contributed by atoms with Gasteiger partial charge in [0, 0.05) is 38.5 Å². The van der Waals surface area contributed by atoms with Crippen LogP contribution in [0.3, 0.4) is 0 Å². The Balaban J connectivity index is 0.00000264. The van der Waals surface area contributed by atoms with Crippen molar-refractivity contribution in [3.05, 3.63) is 29.8 Å². The van der Waals surface area contributed by atoms with Gasteiger partial charge >= 0.3 is 0 Å². The van der Waals surface area contributed by atoms with Gasteiger partial charge in [-0.15, -0.1) is 24.8 Å². The van der Waals surface area contributed by atoms with Gasteiger partial charge in [0.25, 0.3) is 0 Å². The predicted molar refractivity (Wildman–Crippen MR) is 103 cm³/mol. The van der Waals surface area contributed by atoms with E-state index in [0.717, 1.165) is 31.6 Å². The Morgan fingerprint density at radius 3 is 2.58 bits per heavy atom. The van der Waals surface area contributed by atoms with Crippen LogP contribution in [0.4, 0.5) is 5.69 Å². The van der Waals surface area contributed by atoms with Crippen LogP contribution in [0.2, 0.25) is 0 Å². The van der Waals surface area contributed by atoms with Crippen LogP contribution >= 0.6 is 24.8 Å². The zero-order valence-corrected chi connectivity index (χ0v) is 16.0. The number of carbonyl (C=O) groups excluding carboxylic acids is 1. The Kier molecular flexibility index (Phi) is 11.0. The molecule has 1 aliphatic rings. The Labute approximate surface area is 157 Å². The minimum Gasteiger partial charge on any atom is -0.382 e. The van der Waals surface area contributed by atoms with Crippen LogP contribution in [-0.2, 0) is 9.53 Å². The molecular formula is C17H29Cl2N3O2. The molecule has 1 fully saturated rings. The third kappa shape index (κ3) is 6.85. The Morgan fingerprint density at radius 2 is 2.04 bits per heavy atom. The molecular weight excluding hydrogens is 349 g/mol. The maximum absolute atomic E-state index is 12.2. The topological polar surface area (TPSA) is 67.6 Å². The summed E-state index contributed by atoms with van der Waals surface area (Å²) in [7, 11) is 1.60. The lowest BCUT2D eigenvalue weighted by atomic mass is 10.0. The highest BCUT2D eigenvalue weighted by Crippen LogP contribution is 2.18.